The molecule has 1 heterocycles. The number of hydrogen-bond donors (Lipinski definition) is 3. The predicted molar refractivity (Wildman–Crippen MR) is 127 cm³/mol. The molecule has 1 aromatic carbocycles. The molecule has 4 unspecified atom stereocenters. The standard InChI is InChI=1S/C22H28N4O4.HI/c1-3-23-22(25-12-15-11-16(30-2)6-7-17(15)27)24-8-9-26-20(28)18-13-4-5-14(10-13)19(18)21(26)29;/h4-7,11,13-14,18-19,27H,3,8-10,12H2,1-2H3,(H2,23,24,25);1H. The minimum absolute atomic E-state index is 0. The largest absolute Gasteiger partial charge is 0.508 e. The zero-order valence-corrected chi connectivity index (χ0v) is 20.0. The fourth-order valence-corrected chi connectivity index (χ4v) is 4.79. The SMILES string of the molecule is CCNC(=NCc1cc(OC)ccc1O)NCCN1C(=O)C2C3C=CC(C3)C2C1=O.I. The lowest BCUT2D eigenvalue weighted by atomic mass is 9.85. The number of imide groups is 1. The second-order valence-corrected chi connectivity index (χ2v) is 7.94. The van der Waals surface area contributed by atoms with Crippen molar-refractivity contribution in [1.29, 1.82) is 0 Å². The Morgan fingerprint density at radius 1 is 1.19 bits per heavy atom. The Morgan fingerprint density at radius 2 is 1.87 bits per heavy atom. The first-order valence-corrected chi connectivity index (χ1v) is 10.4. The fourth-order valence-electron chi connectivity index (χ4n) is 4.79. The fraction of sp³-hybridized carbons (Fsp3) is 0.500. The van der Waals surface area contributed by atoms with Gasteiger partial charge in [-0.05, 0) is 43.4 Å². The number of nitrogens with one attached hydrogen (secondary N) is 2. The quantitative estimate of drug-likeness (QED) is 0.161. The first-order chi connectivity index (χ1) is 14.5. The van der Waals surface area contributed by atoms with Gasteiger partial charge in [-0.3, -0.25) is 14.5 Å². The minimum atomic E-state index is -0.162. The van der Waals surface area contributed by atoms with E-state index in [2.05, 4.69) is 27.8 Å². The minimum Gasteiger partial charge on any atom is -0.508 e. The Morgan fingerprint density at radius 3 is 2.48 bits per heavy atom. The molecule has 31 heavy (non-hydrogen) atoms. The molecule has 4 atom stereocenters. The van der Waals surface area contributed by atoms with Gasteiger partial charge < -0.3 is 20.5 Å². The van der Waals surface area contributed by atoms with Crippen LogP contribution in [-0.4, -0.2) is 54.5 Å². The van der Waals surface area contributed by atoms with Gasteiger partial charge in [0.2, 0.25) is 11.8 Å². The summed E-state index contributed by atoms with van der Waals surface area (Å²) >= 11 is 0. The number of amides is 2. The van der Waals surface area contributed by atoms with Gasteiger partial charge >= 0.3 is 0 Å². The number of nitrogens with zero attached hydrogens (tertiary/aromatic N) is 2. The lowest BCUT2D eigenvalue weighted by Crippen LogP contribution is -2.43. The summed E-state index contributed by atoms with van der Waals surface area (Å²) in [6.45, 7) is 3.61. The molecule has 2 bridgehead atoms. The van der Waals surface area contributed by atoms with Crippen molar-refractivity contribution in [1.82, 2.24) is 15.5 Å². The predicted octanol–water partition coefficient (Wildman–Crippen LogP) is 1.88. The molecule has 8 nitrogen and oxygen atoms in total. The number of ether oxygens (including phenoxy) is 1. The van der Waals surface area contributed by atoms with Crippen molar-refractivity contribution in [3.8, 4) is 11.5 Å². The number of halogens is 1. The van der Waals surface area contributed by atoms with Gasteiger partial charge in [0, 0.05) is 25.2 Å². The summed E-state index contributed by atoms with van der Waals surface area (Å²) < 4.78 is 5.19. The van der Waals surface area contributed by atoms with Crippen LogP contribution in [0.5, 0.6) is 11.5 Å². The number of fused-ring (bicyclic) bond motifs is 5. The number of allylic oxidation sites excluding steroid dienone is 2. The zero-order valence-electron chi connectivity index (χ0n) is 17.7. The highest BCUT2D eigenvalue weighted by molar-refractivity contribution is 14.0. The van der Waals surface area contributed by atoms with E-state index in [0.29, 0.717) is 36.9 Å². The van der Waals surface area contributed by atoms with E-state index in [1.54, 1.807) is 25.3 Å². The average Bonchev–Trinajstić information content (AvgIpc) is 3.42. The van der Waals surface area contributed by atoms with E-state index in [1.165, 1.54) is 4.90 Å². The molecule has 0 spiro atoms. The number of carbonyl (C=O) groups excluding carboxylic acids is 2. The molecule has 1 saturated heterocycles. The Labute approximate surface area is 199 Å². The number of aromatic hydroxyl groups is 1. The number of hydrogen-bond acceptors (Lipinski definition) is 5. The molecule has 2 fully saturated rings. The summed E-state index contributed by atoms with van der Waals surface area (Å²) in [7, 11) is 1.57. The number of methoxy groups -OCH3 is 1. The van der Waals surface area contributed by atoms with E-state index in [-0.39, 0.29) is 71.8 Å². The molecule has 9 heteroatoms. The molecule has 1 aromatic rings. The van der Waals surface area contributed by atoms with E-state index >= 15 is 0 Å². The van der Waals surface area contributed by atoms with E-state index in [9.17, 15) is 14.7 Å². The lowest BCUT2D eigenvalue weighted by molar-refractivity contribution is -0.140. The molecule has 2 amide bonds. The Balaban J connectivity index is 0.00000272. The maximum atomic E-state index is 12.8. The summed E-state index contributed by atoms with van der Waals surface area (Å²) in [4.78, 5) is 31.4. The van der Waals surface area contributed by atoms with Gasteiger partial charge in [0.05, 0.1) is 25.5 Å². The van der Waals surface area contributed by atoms with Crippen LogP contribution < -0.4 is 15.4 Å². The molecular weight excluding hydrogens is 511 g/mol. The van der Waals surface area contributed by atoms with E-state index in [1.807, 2.05) is 6.92 Å². The topological polar surface area (TPSA) is 103 Å². The normalized spacial score (nSPS) is 26.1. The molecule has 4 rings (SSSR count). The third kappa shape index (κ3) is 4.51. The van der Waals surface area contributed by atoms with Crippen LogP contribution in [0.2, 0.25) is 0 Å². The highest BCUT2D eigenvalue weighted by Crippen LogP contribution is 2.52. The molecular formula is C22H29IN4O4. The molecule has 3 aliphatic rings. The molecule has 1 aliphatic heterocycles. The van der Waals surface area contributed by atoms with Crippen molar-refractivity contribution in [3.05, 3.63) is 35.9 Å². The first-order valence-electron chi connectivity index (χ1n) is 10.4. The number of rotatable bonds is 7. The van der Waals surface area contributed by atoms with Crippen molar-refractivity contribution >= 4 is 41.8 Å². The number of phenolic OH excluding ortho intramolecular Hbond substituents is 1. The molecule has 0 radical (unpaired) electrons. The summed E-state index contributed by atoms with van der Waals surface area (Å²) in [6.07, 6.45) is 5.14. The van der Waals surface area contributed by atoms with Crippen molar-refractivity contribution in [2.45, 2.75) is 19.9 Å². The van der Waals surface area contributed by atoms with E-state index < -0.39 is 0 Å². The number of guanidine groups is 1. The lowest BCUT2D eigenvalue weighted by Gasteiger charge is -2.18. The van der Waals surface area contributed by atoms with Crippen LogP contribution in [0.1, 0.15) is 18.9 Å². The summed E-state index contributed by atoms with van der Waals surface area (Å²) in [6, 6.07) is 5.01. The summed E-state index contributed by atoms with van der Waals surface area (Å²) in [5.41, 5.74) is 0.646. The number of phenols is 1. The van der Waals surface area contributed by atoms with Crippen LogP contribution in [0, 0.1) is 23.7 Å². The van der Waals surface area contributed by atoms with Gasteiger partial charge in [-0.15, -0.1) is 24.0 Å². The Kier molecular flexibility index (Phi) is 7.45. The molecule has 168 valence electrons. The second-order valence-electron chi connectivity index (χ2n) is 7.94. The number of carbonyl (C=O) groups is 2. The van der Waals surface area contributed by atoms with Crippen LogP contribution >= 0.6 is 24.0 Å². The van der Waals surface area contributed by atoms with Gasteiger partial charge in [-0.2, -0.15) is 0 Å². The molecule has 0 aromatic heterocycles. The molecule has 3 N–H and O–H groups in total. The zero-order chi connectivity index (χ0) is 21.3. The van der Waals surface area contributed by atoms with Crippen LogP contribution in [0.25, 0.3) is 0 Å². The van der Waals surface area contributed by atoms with Crippen molar-refractivity contribution in [3.63, 3.8) is 0 Å². The summed E-state index contributed by atoms with van der Waals surface area (Å²) in [5, 5.41) is 16.3. The van der Waals surface area contributed by atoms with Crippen molar-refractivity contribution in [2.75, 3.05) is 26.7 Å². The van der Waals surface area contributed by atoms with E-state index in [4.69, 9.17) is 4.74 Å². The number of aliphatic imine (C=N–C) groups is 1. The second kappa shape index (κ2) is 9.88. The smallest absolute Gasteiger partial charge is 0.233 e. The maximum absolute atomic E-state index is 12.8. The molecule has 1 saturated carbocycles. The highest BCUT2D eigenvalue weighted by atomic mass is 127. The van der Waals surface area contributed by atoms with Crippen LogP contribution in [0.3, 0.4) is 0 Å². The van der Waals surface area contributed by atoms with Crippen LogP contribution in [0.15, 0.2) is 35.3 Å². The number of likely N-dealkylation sites (tertiary alicyclic amines) is 1. The third-order valence-electron chi connectivity index (χ3n) is 6.23. The molecule has 2 aliphatic carbocycles. The highest BCUT2D eigenvalue weighted by Gasteiger charge is 2.58. The Hall–Kier alpha value is -2.30. The third-order valence-corrected chi connectivity index (χ3v) is 6.23. The summed E-state index contributed by atoms with van der Waals surface area (Å²) in [5.74, 6) is 1.41. The van der Waals surface area contributed by atoms with E-state index in [0.717, 1.165) is 6.42 Å². The maximum Gasteiger partial charge on any atom is 0.233 e. The number of benzene rings is 1. The van der Waals surface area contributed by atoms with Crippen molar-refractivity contribution in [2.24, 2.45) is 28.7 Å². The Bertz CT molecular complexity index is 873. The van der Waals surface area contributed by atoms with Crippen LogP contribution in [-0.2, 0) is 16.1 Å². The van der Waals surface area contributed by atoms with Crippen molar-refractivity contribution < 1.29 is 19.4 Å². The van der Waals surface area contributed by atoms with Gasteiger partial charge in [-0.25, -0.2) is 4.99 Å². The first kappa shape index (κ1) is 23.4. The van der Waals surface area contributed by atoms with Gasteiger partial charge in [0.15, 0.2) is 5.96 Å². The monoisotopic (exact) mass is 540 g/mol. The average molecular weight is 540 g/mol. The van der Waals surface area contributed by atoms with Gasteiger partial charge in [-0.1, -0.05) is 12.2 Å². The van der Waals surface area contributed by atoms with Crippen LogP contribution in [0.4, 0.5) is 0 Å². The van der Waals surface area contributed by atoms with Gasteiger partial charge in [0.25, 0.3) is 0 Å². The van der Waals surface area contributed by atoms with Gasteiger partial charge in [0.1, 0.15) is 11.5 Å².